The summed E-state index contributed by atoms with van der Waals surface area (Å²) in [6.07, 6.45) is 2.61. The zero-order chi connectivity index (χ0) is 35.8. The van der Waals surface area contributed by atoms with Crippen molar-refractivity contribution in [2.24, 2.45) is 5.11 Å². The van der Waals surface area contributed by atoms with E-state index in [2.05, 4.69) is 15.3 Å². The van der Waals surface area contributed by atoms with Crippen LogP contribution in [0.4, 0.5) is 4.79 Å². The largest absolute Gasteiger partial charge is 0.490 e. The maximum atomic E-state index is 13.1. The van der Waals surface area contributed by atoms with Crippen LogP contribution < -0.4 is 14.7 Å². The Bertz CT molecular complexity index is 1680. The summed E-state index contributed by atoms with van der Waals surface area (Å²) in [5.41, 5.74) is 9.39. The van der Waals surface area contributed by atoms with Crippen LogP contribution in [0, 0.1) is 0 Å². The molecule has 0 unspecified atom stereocenters. The zero-order valence-electron chi connectivity index (χ0n) is 28.5. The Balaban J connectivity index is 1.43. The Morgan fingerprint density at radius 1 is 0.939 bits per heavy atom. The molecule has 1 aliphatic heterocycles. The third-order valence-electron chi connectivity index (χ3n) is 6.88. The van der Waals surface area contributed by atoms with Crippen molar-refractivity contribution in [2.45, 2.75) is 78.4 Å². The van der Waals surface area contributed by atoms with E-state index >= 15 is 0 Å². The number of hydrogen-bond acceptors (Lipinski definition) is 9. The normalized spacial score (nSPS) is 13.4. The molecule has 0 saturated heterocycles. The summed E-state index contributed by atoms with van der Waals surface area (Å²) in [7, 11) is 0. The first-order chi connectivity index (χ1) is 23.1. The molecule has 1 N–H and O–H groups in total. The number of carbonyl (C=O) groups excluding carboxylic acids is 4. The van der Waals surface area contributed by atoms with E-state index in [0.29, 0.717) is 36.9 Å². The molecule has 0 saturated carbocycles. The molecule has 15 nitrogen and oxygen atoms in total. The number of alkyl carbamates (subject to hydrolysis) is 1. The van der Waals surface area contributed by atoms with Gasteiger partial charge in [0.2, 0.25) is 12.3 Å². The van der Waals surface area contributed by atoms with Gasteiger partial charge < -0.3 is 19.5 Å². The topological polar surface area (TPSA) is 178 Å². The summed E-state index contributed by atoms with van der Waals surface area (Å²) < 4.78 is 20.6. The number of esters is 1. The van der Waals surface area contributed by atoms with E-state index in [0.717, 1.165) is 11.1 Å². The van der Waals surface area contributed by atoms with Crippen molar-refractivity contribution in [3.63, 3.8) is 0 Å². The molecule has 4 rings (SSSR count). The minimum absolute atomic E-state index is 0.178. The second-order valence-corrected chi connectivity index (χ2v) is 13.2. The van der Waals surface area contributed by atoms with Crippen molar-refractivity contribution in [3.8, 4) is 16.9 Å². The Morgan fingerprint density at radius 2 is 1.57 bits per heavy atom. The minimum atomic E-state index is -1.42. The molecule has 15 heteroatoms. The van der Waals surface area contributed by atoms with Gasteiger partial charge in [-0.05, 0) is 83.3 Å². The summed E-state index contributed by atoms with van der Waals surface area (Å²) in [5, 5.41) is 6.97. The van der Waals surface area contributed by atoms with E-state index in [4.69, 9.17) is 24.6 Å². The van der Waals surface area contributed by atoms with Gasteiger partial charge in [0.25, 0.3) is 11.8 Å². The number of imide groups is 1. The van der Waals surface area contributed by atoms with Crippen molar-refractivity contribution in [1.29, 1.82) is 0 Å². The number of ether oxygens (including phenoxy) is 3. The standard InChI is InChI=1S/C34H41N7O8/c1-33(2,3)47-31(44)28(49-41-29(42)26-10-7-8-11-27(26)30(41)43)22-46-25-14-12-23(13-15-25)24-20-39(40(21-24)19-17-37-38-35)18-9-16-36-32(45)48-34(4,5)6/h7-8,10-15,20-21,28H,9,16-19,22H2,1-6H3/p+1/t28-/m0/s1. The van der Waals surface area contributed by atoms with Gasteiger partial charge in [0.1, 0.15) is 23.6 Å². The van der Waals surface area contributed by atoms with Crippen molar-refractivity contribution >= 4 is 23.9 Å². The maximum Gasteiger partial charge on any atom is 0.407 e. The maximum absolute atomic E-state index is 13.1. The molecule has 3 amide bonds. The first-order valence-electron chi connectivity index (χ1n) is 15.8. The summed E-state index contributed by atoms with van der Waals surface area (Å²) in [6, 6.07) is 13.4. The summed E-state index contributed by atoms with van der Waals surface area (Å²) in [5.74, 6) is -1.75. The van der Waals surface area contributed by atoms with Crippen molar-refractivity contribution in [2.75, 3.05) is 19.7 Å². The monoisotopic (exact) mass is 676 g/mol. The molecule has 1 aliphatic rings. The number of hydrogen-bond donors (Lipinski definition) is 1. The Morgan fingerprint density at radius 3 is 2.16 bits per heavy atom. The van der Waals surface area contributed by atoms with E-state index in [9.17, 15) is 19.2 Å². The Kier molecular flexibility index (Phi) is 11.6. The van der Waals surface area contributed by atoms with E-state index in [1.54, 1.807) is 65.8 Å². The van der Waals surface area contributed by atoms with Crippen LogP contribution in [0.5, 0.6) is 5.75 Å². The number of azide groups is 1. The third kappa shape index (κ3) is 10.3. The second kappa shape index (κ2) is 15.7. The van der Waals surface area contributed by atoms with Gasteiger partial charge in [-0.3, -0.25) is 9.59 Å². The van der Waals surface area contributed by atoms with Gasteiger partial charge >= 0.3 is 12.1 Å². The second-order valence-electron chi connectivity index (χ2n) is 13.2. The number of amides is 3. The number of hydroxylamine groups is 2. The number of rotatable bonds is 14. The fraction of sp³-hybridized carbons (Fsp3) is 0.441. The van der Waals surface area contributed by atoms with Crippen LogP contribution in [0.1, 0.15) is 68.7 Å². The molecule has 0 fully saturated rings. The van der Waals surface area contributed by atoms with Crippen LogP contribution in [0.3, 0.4) is 0 Å². The Labute approximate surface area is 284 Å². The van der Waals surface area contributed by atoms with Crippen molar-refractivity contribution in [3.05, 3.63) is 82.5 Å². The van der Waals surface area contributed by atoms with Crippen LogP contribution in [-0.4, -0.2) is 70.6 Å². The highest BCUT2D eigenvalue weighted by Gasteiger charge is 2.40. The van der Waals surface area contributed by atoms with Crippen LogP contribution >= 0.6 is 0 Å². The SMILES string of the molecule is CC(C)(C)OC(=O)NCCCn1cc(-c2ccc(OC[C@H](ON3C(=O)c4ccccc4C3=O)C(=O)OC(C)(C)C)cc2)c[n+]1CCN=[N+]=[N-]. The number of nitrogens with zero attached hydrogens (tertiary/aromatic N) is 6. The number of nitrogens with one attached hydrogen (secondary N) is 1. The first kappa shape index (κ1) is 36.4. The van der Waals surface area contributed by atoms with Crippen molar-refractivity contribution in [1.82, 2.24) is 15.1 Å². The average molecular weight is 677 g/mol. The lowest BCUT2D eigenvalue weighted by Gasteiger charge is -2.26. The van der Waals surface area contributed by atoms with E-state index < -0.39 is 41.2 Å². The molecular weight excluding hydrogens is 634 g/mol. The van der Waals surface area contributed by atoms with E-state index in [-0.39, 0.29) is 24.3 Å². The van der Waals surface area contributed by atoms with Crippen LogP contribution in [-0.2, 0) is 32.2 Å². The van der Waals surface area contributed by atoms with Crippen LogP contribution in [0.15, 0.2) is 66.0 Å². The predicted octanol–water partition coefficient (Wildman–Crippen LogP) is 4.98. The molecule has 0 spiro atoms. The Hall–Kier alpha value is -5.40. The number of fused-ring (bicyclic) bond motifs is 1. The molecular formula is C34H42N7O8+. The molecule has 2 heterocycles. The molecule has 2 aromatic carbocycles. The van der Waals surface area contributed by atoms with Gasteiger partial charge in [0.15, 0.2) is 6.54 Å². The fourth-order valence-electron chi connectivity index (χ4n) is 4.79. The highest BCUT2D eigenvalue weighted by molar-refractivity contribution is 6.20. The molecule has 49 heavy (non-hydrogen) atoms. The highest BCUT2D eigenvalue weighted by Crippen LogP contribution is 2.26. The van der Waals surface area contributed by atoms with Gasteiger partial charge in [-0.2, -0.15) is 4.68 Å². The van der Waals surface area contributed by atoms with Gasteiger partial charge in [-0.15, -0.1) is 9.75 Å². The molecule has 0 aliphatic carbocycles. The lowest BCUT2D eigenvalue weighted by molar-refractivity contribution is -0.773. The average Bonchev–Trinajstić information content (AvgIpc) is 3.54. The van der Waals surface area contributed by atoms with Gasteiger partial charge in [-0.25, -0.2) is 14.4 Å². The molecule has 260 valence electrons. The molecule has 0 bridgehead atoms. The number of benzene rings is 2. The zero-order valence-corrected chi connectivity index (χ0v) is 28.5. The quantitative estimate of drug-likeness (QED) is 0.0472. The summed E-state index contributed by atoms with van der Waals surface area (Å²) in [6.45, 7) is 11.8. The fourth-order valence-corrected chi connectivity index (χ4v) is 4.79. The molecule has 1 aromatic heterocycles. The number of aromatic nitrogens is 2. The minimum Gasteiger partial charge on any atom is -0.490 e. The molecule has 0 radical (unpaired) electrons. The number of carbonyl (C=O) groups is 4. The van der Waals surface area contributed by atoms with Crippen LogP contribution in [0.2, 0.25) is 0 Å². The molecule has 1 atom stereocenters. The lowest BCUT2D eigenvalue weighted by atomic mass is 10.1. The van der Waals surface area contributed by atoms with Gasteiger partial charge in [0, 0.05) is 11.5 Å². The third-order valence-corrected chi connectivity index (χ3v) is 6.88. The van der Waals surface area contributed by atoms with Gasteiger partial charge in [-0.1, -0.05) is 29.4 Å². The summed E-state index contributed by atoms with van der Waals surface area (Å²) >= 11 is 0. The molecule has 3 aromatic rings. The summed E-state index contributed by atoms with van der Waals surface area (Å²) in [4.78, 5) is 59.3. The lowest BCUT2D eigenvalue weighted by Crippen LogP contribution is -2.44. The number of aryl methyl sites for hydroxylation is 1. The predicted molar refractivity (Wildman–Crippen MR) is 176 cm³/mol. The van der Waals surface area contributed by atoms with E-state index in [1.165, 1.54) is 12.1 Å². The first-order valence-corrected chi connectivity index (χ1v) is 15.8. The smallest absolute Gasteiger partial charge is 0.407 e. The van der Waals surface area contributed by atoms with Crippen molar-refractivity contribution < 1.29 is 42.9 Å². The highest BCUT2D eigenvalue weighted by atomic mass is 16.7. The van der Waals surface area contributed by atoms with E-state index in [1.807, 2.05) is 33.9 Å². The van der Waals surface area contributed by atoms with Gasteiger partial charge in [0.05, 0.1) is 36.0 Å². The van der Waals surface area contributed by atoms with Crippen LogP contribution in [0.25, 0.3) is 21.6 Å².